The molecule has 3 aromatic heterocycles. The summed E-state index contributed by atoms with van der Waals surface area (Å²) in [4.78, 5) is 263. The van der Waals surface area contributed by atoms with Gasteiger partial charge in [0.2, 0.25) is 88.6 Å². The number of H-pyrrole nitrogens is 3. The molecule has 2 bridgehead atoms. The Bertz CT molecular complexity index is 4750. The zero-order chi connectivity index (χ0) is 91.9. The first kappa shape index (κ1) is 98.1. The van der Waals surface area contributed by atoms with E-state index in [9.17, 15) is 78.3 Å². The van der Waals surface area contributed by atoms with E-state index in [2.05, 4.69) is 94.4 Å². The lowest BCUT2D eigenvalue weighted by Gasteiger charge is -2.38. The number of aliphatic carboxylic acids is 2. The van der Waals surface area contributed by atoms with Crippen molar-refractivity contribution >= 4 is 144 Å². The van der Waals surface area contributed by atoms with Gasteiger partial charge >= 0.3 is 11.9 Å². The first-order valence-electron chi connectivity index (χ1n) is 41.9. The fourth-order valence-corrected chi connectivity index (χ4v) is 17.7. The Balaban J connectivity index is 1.15. The number of nitrogens with one attached hydrogen (secondary N) is 17. The molecule has 0 radical (unpaired) electrons. The molecule has 22 N–H and O–H groups in total. The van der Waals surface area contributed by atoms with Crippen LogP contribution in [0.25, 0.3) is 21.8 Å². The fraction of sp³-hybridized carbons (Fsp3) is 0.561. The van der Waals surface area contributed by atoms with Crippen molar-refractivity contribution in [2.45, 2.75) is 235 Å². The number of carboxylic acid groups (broad SMARTS) is 2. The third-order valence-corrected chi connectivity index (χ3v) is 24.4. The van der Waals surface area contributed by atoms with E-state index in [1.807, 2.05) is 0 Å². The maximum absolute atomic E-state index is 15.6. The Morgan fingerprint density at radius 2 is 1.06 bits per heavy atom. The Morgan fingerprint density at radius 1 is 0.548 bits per heavy atom. The average molecular weight is 1800 g/mol. The van der Waals surface area contributed by atoms with Gasteiger partial charge in [0, 0.05) is 109 Å². The summed E-state index contributed by atoms with van der Waals surface area (Å²) in [5.74, 6) is -20.9. The predicted molar refractivity (Wildman–Crippen MR) is 457 cm³/mol. The van der Waals surface area contributed by atoms with Gasteiger partial charge in [0.05, 0.1) is 44.1 Å². The summed E-state index contributed by atoms with van der Waals surface area (Å²) in [6.07, 6.45) is -1.88. The van der Waals surface area contributed by atoms with Gasteiger partial charge in [-0.2, -0.15) is 0 Å². The number of aliphatic hydroxyl groups excluding tert-OH is 3. The van der Waals surface area contributed by atoms with Crippen LogP contribution in [0.3, 0.4) is 0 Å². The maximum Gasteiger partial charge on any atom is 0.305 e. The number of hydrogen-bond acceptors (Lipinski definition) is 24. The number of hydrogen-bond donors (Lipinski definition) is 22. The smallest absolute Gasteiger partial charge is 0.305 e. The molecule has 44 heteroatoms. The molecule has 126 heavy (non-hydrogen) atoms. The summed E-state index contributed by atoms with van der Waals surface area (Å²) in [6, 6.07) is -10.3. The molecule has 0 saturated carbocycles. The number of imidazole rings is 1. The number of fused-ring (bicyclic) bond motifs is 9. The highest BCUT2D eigenvalue weighted by Crippen LogP contribution is 2.31. The van der Waals surface area contributed by atoms with E-state index < -0.39 is 266 Å². The van der Waals surface area contributed by atoms with Crippen molar-refractivity contribution in [2.24, 2.45) is 17.8 Å². The molecule has 42 nitrogen and oxygen atoms in total. The Kier molecular flexibility index (Phi) is 35.8. The van der Waals surface area contributed by atoms with E-state index in [0.29, 0.717) is 38.6 Å². The first-order valence-corrected chi connectivity index (χ1v) is 44.3. The molecule has 0 spiro atoms. The van der Waals surface area contributed by atoms with Crippen LogP contribution in [0.4, 0.5) is 0 Å². The van der Waals surface area contributed by atoms with Crippen LogP contribution in [0.15, 0.2) is 73.4 Å². The number of para-hydroxylation sites is 2. The minimum absolute atomic E-state index is 0.00255. The van der Waals surface area contributed by atoms with Crippen LogP contribution < -0.4 is 74.4 Å². The summed E-state index contributed by atoms with van der Waals surface area (Å²) in [7, 11) is 1.54. The molecule has 2 aromatic carbocycles. The molecule has 4 aliphatic heterocycles. The zero-order valence-electron chi connectivity index (χ0n) is 71.0. The molecular weight excluding hydrogens is 1680 g/mol. The molecule has 7 heterocycles. The van der Waals surface area contributed by atoms with Crippen molar-refractivity contribution in [1.29, 1.82) is 0 Å². The second-order valence-corrected chi connectivity index (χ2v) is 35.7. The molecule has 4 fully saturated rings. The number of carboxylic acids is 2. The van der Waals surface area contributed by atoms with Gasteiger partial charge in [-0.15, -0.1) is 0 Å². The number of carbonyl (C=O) groups is 17. The third-order valence-electron chi connectivity index (χ3n) is 22.0. The van der Waals surface area contributed by atoms with E-state index in [1.54, 1.807) is 102 Å². The van der Waals surface area contributed by atoms with Gasteiger partial charge in [0.25, 0.3) is 0 Å². The molecule has 4 aliphatic rings. The Morgan fingerprint density at radius 3 is 1.61 bits per heavy atom. The third kappa shape index (κ3) is 27.4. The van der Waals surface area contributed by atoms with Crippen molar-refractivity contribution in [2.75, 3.05) is 37.7 Å². The lowest BCUT2D eigenvalue weighted by Crippen LogP contribution is -2.64. The van der Waals surface area contributed by atoms with E-state index in [-0.39, 0.29) is 69.7 Å². The van der Waals surface area contributed by atoms with Crippen LogP contribution in [-0.4, -0.2) is 297 Å². The first-order chi connectivity index (χ1) is 59.9. The number of nitrogens with zero attached hydrogens (tertiary/aromatic N) is 3. The summed E-state index contributed by atoms with van der Waals surface area (Å²) in [5.41, 5.74) is 2.43. The minimum atomic E-state index is -2.07. The van der Waals surface area contributed by atoms with E-state index >= 15 is 28.8 Å². The molecule has 15 amide bonds. The molecule has 1 unspecified atom stereocenters. The predicted octanol–water partition coefficient (Wildman–Crippen LogP) is -3.52. The topological polar surface area (TPSA) is 626 Å². The van der Waals surface area contributed by atoms with Gasteiger partial charge in [-0.1, -0.05) is 99.5 Å². The highest BCUT2D eigenvalue weighted by atomic mass is 33.1. The number of aliphatic hydroxyl groups is 3. The lowest BCUT2D eigenvalue weighted by molar-refractivity contribution is -0.148. The summed E-state index contributed by atoms with van der Waals surface area (Å²) in [6.45, 7) is 10.5. The van der Waals surface area contributed by atoms with Crippen molar-refractivity contribution in [3.05, 3.63) is 90.3 Å². The van der Waals surface area contributed by atoms with Crippen LogP contribution >= 0.6 is 21.6 Å². The monoisotopic (exact) mass is 1790 g/mol. The van der Waals surface area contributed by atoms with Gasteiger partial charge in [-0.05, 0) is 93.4 Å². The van der Waals surface area contributed by atoms with Crippen LogP contribution in [0, 0.1) is 17.8 Å². The van der Waals surface area contributed by atoms with Gasteiger partial charge < -0.3 is 120 Å². The molecule has 17 atom stereocenters. The second kappa shape index (κ2) is 45.9. The number of carbonyl (C=O) groups excluding carboxylic acids is 15. The van der Waals surface area contributed by atoms with E-state index in [0.717, 1.165) is 26.5 Å². The number of rotatable bonds is 20. The van der Waals surface area contributed by atoms with Crippen molar-refractivity contribution in [3.8, 4) is 0 Å². The zero-order valence-corrected chi connectivity index (χ0v) is 72.7. The van der Waals surface area contributed by atoms with Crippen LogP contribution in [0.1, 0.15) is 130 Å². The fourth-order valence-electron chi connectivity index (χ4n) is 15.4. The van der Waals surface area contributed by atoms with Crippen LogP contribution in [0.5, 0.6) is 0 Å². The van der Waals surface area contributed by atoms with Crippen LogP contribution in [-0.2, 0) is 101 Å². The molecule has 9 rings (SSSR count). The lowest BCUT2D eigenvalue weighted by atomic mass is 9.98. The largest absolute Gasteiger partial charge is 0.481 e. The highest BCUT2D eigenvalue weighted by molar-refractivity contribution is 8.76. The number of aromatic nitrogens is 4. The number of aromatic amines is 3. The minimum Gasteiger partial charge on any atom is -0.481 e. The molecule has 5 aromatic rings. The SMILES string of the molecule is CC(C)C[C@@H]1NC(=O)[C@H](Cc2cnc[nH]2)NC(=O)[C@H](Cc2c[nH]c3ccccc23)NC(=O)[C@H](C)NC(=O)[C@@H]2CSSC[C@H](NC(=O)[C@H](Cc3c[nH]c4ccccc34)NC(=O)[C@H](C(C)C)NC(=O)[C@H](CC(C)C)NC(=O)[C@H](CCC(=O)O)NC(=O)CNC1=O)C(=O)N[C@@H]([C@@H](C)O)C(O)N1CCC[C@@H]1C(=O)N1C[C@@H](NC(=O)CCO)C[C@H]1C(=O)N[C@@H](CC(=O)O)C(=O)N2. The number of benzene rings is 2. The summed E-state index contributed by atoms with van der Waals surface area (Å²) in [5, 5.41) is 91.7. The molecular formula is C82H114N20O22S2. The Hall–Kier alpha value is -11.7. The average Bonchev–Trinajstić information content (AvgIpc) is 1.63. The standard InChI is InChI=1S/C82H114N20O22S2/c1-39(2)24-53-70(112)86-34-64(106)90-52(19-20-65(107)108)71(113)93-54(25-40(3)4)76(118)99-67(41(5)6)80(122)96-56(27-45-32-85-51-17-12-10-15-49(45)51)73(115)98-60-37-126-125-36-59(77(119)88-42(7)69(111)91-55(26-44-31-84-50-16-11-9-14-48(44)50)72(114)94-57(74(116)92-53)28-46-33-83-38-87-46)97-75(117)58(30-66(109)110)95-79(121)62-29-47(89-63(105)21-23-103)35-102(62)81(123)61-18-13-22-101(61)82(124)68(43(8)104)100-78(60)120/h9-12,14-17,31-33,38-43,47,52-62,67-68,82,84-85,103-104,124H,13,18-30,34-37H2,1-8H3,(H,83,87)(H,86,112)(H,88,119)(H,89,105)(H,90,106)(H,91,111)(H,92,116)(H,93,113)(H,94,114)(H,95,121)(H,96,122)(H,97,117)(H,98,115)(H,99,118)(H,100,120)(H,107,108)(H,109,110)/t42-,43+,47-,52-,53-,54-,55-,56-,57-,58-,59-,60-,61+,62-,67-,68-,82?/m0/s1. The number of amides is 15. The van der Waals surface area contributed by atoms with Gasteiger partial charge in [-0.25, -0.2) is 4.98 Å². The van der Waals surface area contributed by atoms with Crippen molar-refractivity contribution in [3.63, 3.8) is 0 Å². The molecule has 0 aliphatic carbocycles. The van der Waals surface area contributed by atoms with Crippen molar-refractivity contribution in [1.82, 2.24) is 104 Å². The maximum atomic E-state index is 15.6. The van der Waals surface area contributed by atoms with Gasteiger partial charge in [0.1, 0.15) is 78.7 Å². The summed E-state index contributed by atoms with van der Waals surface area (Å²) >= 11 is 0. The molecule has 4 saturated heterocycles. The molecule has 686 valence electrons. The van der Waals surface area contributed by atoms with Gasteiger partial charge in [0.15, 0.2) is 0 Å². The van der Waals surface area contributed by atoms with E-state index in [1.165, 1.54) is 31.3 Å². The van der Waals surface area contributed by atoms with Gasteiger partial charge in [-0.3, -0.25) is 86.4 Å². The normalized spacial score (nSPS) is 27.1. The van der Waals surface area contributed by atoms with E-state index in [4.69, 9.17) is 0 Å². The highest BCUT2D eigenvalue weighted by Gasteiger charge is 2.49. The van der Waals surface area contributed by atoms with Crippen LogP contribution in [0.2, 0.25) is 0 Å². The summed E-state index contributed by atoms with van der Waals surface area (Å²) < 4.78 is 0. The Labute approximate surface area is 732 Å². The quantitative estimate of drug-likeness (QED) is 0.0336. The van der Waals surface area contributed by atoms with Crippen molar-refractivity contribution < 1.29 is 107 Å². The second-order valence-electron chi connectivity index (χ2n) is 33.1.